The van der Waals surface area contributed by atoms with Gasteiger partial charge in [0.2, 0.25) is 0 Å². The van der Waals surface area contributed by atoms with Crippen LogP contribution in [0.2, 0.25) is 0 Å². The van der Waals surface area contributed by atoms with Crippen LogP contribution >= 0.6 is 0 Å². The van der Waals surface area contributed by atoms with Gasteiger partial charge < -0.3 is 20.3 Å². The highest BCUT2D eigenvalue weighted by Crippen LogP contribution is 2.18. The van der Waals surface area contributed by atoms with Gasteiger partial charge in [0, 0.05) is 40.3 Å². The van der Waals surface area contributed by atoms with Crippen molar-refractivity contribution in [3.63, 3.8) is 0 Å². The van der Waals surface area contributed by atoms with Crippen molar-refractivity contribution in [3.8, 4) is 0 Å². The van der Waals surface area contributed by atoms with Crippen LogP contribution in [0.4, 0.5) is 14.9 Å². The average molecular weight is 338 g/mol. The van der Waals surface area contributed by atoms with Crippen LogP contribution in [0.3, 0.4) is 0 Å². The normalized spacial score (nSPS) is 15.1. The third kappa shape index (κ3) is 5.98. The van der Waals surface area contributed by atoms with Crippen molar-refractivity contribution in [2.45, 2.75) is 13.0 Å². The van der Waals surface area contributed by atoms with Crippen molar-refractivity contribution in [1.82, 2.24) is 15.5 Å². The summed E-state index contributed by atoms with van der Waals surface area (Å²) in [7, 11) is 3.58. The summed E-state index contributed by atoms with van der Waals surface area (Å²) >= 11 is 0. The number of hydrogen-bond acceptors (Lipinski definition) is 4. The van der Waals surface area contributed by atoms with Gasteiger partial charge in [0.25, 0.3) is 0 Å². The highest BCUT2D eigenvalue weighted by atomic mass is 19.1. The molecule has 134 valence electrons. The molecule has 24 heavy (non-hydrogen) atoms. The average Bonchev–Trinajstić information content (AvgIpc) is 2.57. The standard InChI is InChI=1S/C17H27FN4O2/c1-21(2)16-5-4-14(12-15(16)18)13-20-17(23)19-6-3-7-22-8-10-24-11-9-22/h4-5,12H,3,6-11,13H2,1-2H3,(H2,19,20,23). The minimum atomic E-state index is -0.287. The van der Waals surface area contributed by atoms with Crippen LogP contribution in [0.1, 0.15) is 12.0 Å². The van der Waals surface area contributed by atoms with E-state index in [1.165, 1.54) is 6.07 Å². The van der Waals surface area contributed by atoms with Crippen LogP contribution in [0.5, 0.6) is 0 Å². The van der Waals surface area contributed by atoms with Gasteiger partial charge >= 0.3 is 6.03 Å². The molecule has 0 spiro atoms. The number of nitrogens with zero attached hydrogens (tertiary/aromatic N) is 2. The molecule has 2 amide bonds. The number of hydrogen-bond donors (Lipinski definition) is 2. The Balaban J connectivity index is 1.63. The molecule has 0 aliphatic carbocycles. The lowest BCUT2D eigenvalue weighted by atomic mass is 10.2. The number of carbonyl (C=O) groups is 1. The molecule has 7 heteroatoms. The summed E-state index contributed by atoms with van der Waals surface area (Å²) in [6.45, 7) is 5.38. The highest BCUT2D eigenvalue weighted by molar-refractivity contribution is 5.73. The summed E-state index contributed by atoms with van der Waals surface area (Å²) in [6.07, 6.45) is 0.902. The molecule has 6 nitrogen and oxygen atoms in total. The van der Waals surface area contributed by atoms with E-state index >= 15 is 0 Å². The largest absolute Gasteiger partial charge is 0.379 e. The first kappa shape index (κ1) is 18.5. The quantitative estimate of drug-likeness (QED) is 0.738. The monoisotopic (exact) mass is 338 g/mol. The van der Waals surface area contributed by atoms with Crippen LogP contribution < -0.4 is 15.5 Å². The van der Waals surface area contributed by atoms with Gasteiger partial charge in [-0.15, -0.1) is 0 Å². The second-order valence-corrected chi connectivity index (χ2v) is 6.10. The summed E-state index contributed by atoms with van der Waals surface area (Å²) in [5.74, 6) is -0.287. The Bertz CT molecular complexity index is 533. The van der Waals surface area contributed by atoms with E-state index in [9.17, 15) is 9.18 Å². The van der Waals surface area contributed by atoms with E-state index in [1.807, 2.05) is 6.07 Å². The van der Waals surface area contributed by atoms with Gasteiger partial charge in [-0.25, -0.2) is 9.18 Å². The van der Waals surface area contributed by atoms with Gasteiger partial charge in [-0.3, -0.25) is 4.90 Å². The van der Waals surface area contributed by atoms with Crippen molar-refractivity contribution < 1.29 is 13.9 Å². The predicted octanol–water partition coefficient (Wildman–Crippen LogP) is 1.41. The van der Waals surface area contributed by atoms with Crippen LogP contribution in [0.25, 0.3) is 0 Å². The molecule has 1 aliphatic rings. The number of nitrogens with one attached hydrogen (secondary N) is 2. The molecular weight excluding hydrogens is 311 g/mol. The fourth-order valence-electron chi connectivity index (χ4n) is 2.60. The van der Waals surface area contributed by atoms with Gasteiger partial charge in [-0.2, -0.15) is 0 Å². The molecule has 1 fully saturated rings. The Morgan fingerprint density at radius 3 is 2.71 bits per heavy atom. The first-order valence-corrected chi connectivity index (χ1v) is 8.34. The smallest absolute Gasteiger partial charge is 0.315 e. The molecule has 1 aliphatic heterocycles. The number of halogens is 1. The first-order valence-electron chi connectivity index (χ1n) is 8.34. The summed E-state index contributed by atoms with van der Waals surface area (Å²) in [6, 6.07) is 4.76. The maximum Gasteiger partial charge on any atom is 0.315 e. The van der Waals surface area contributed by atoms with Gasteiger partial charge in [0.05, 0.1) is 18.9 Å². The van der Waals surface area contributed by atoms with Gasteiger partial charge in [0.15, 0.2) is 0 Å². The zero-order valence-electron chi connectivity index (χ0n) is 14.5. The number of anilines is 1. The topological polar surface area (TPSA) is 56.8 Å². The molecule has 2 N–H and O–H groups in total. The van der Waals surface area contributed by atoms with Crippen molar-refractivity contribution in [1.29, 1.82) is 0 Å². The van der Waals surface area contributed by atoms with Crippen molar-refractivity contribution in [2.75, 3.05) is 58.4 Å². The number of carbonyl (C=O) groups excluding carboxylic acids is 1. The first-order chi connectivity index (χ1) is 11.6. The van der Waals surface area contributed by atoms with Crippen molar-refractivity contribution >= 4 is 11.7 Å². The molecular formula is C17H27FN4O2. The Labute approximate surface area is 142 Å². The highest BCUT2D eigenvalue weighted by Gasteiger charge is 2.10. The molecule has 0 unspecified atom stereocenters. The Kier molecular flexibility index (Phi) is 7.27. The molecule has 0 bridgehead atoms. The summed E-state index contributed by atoms with van der Waals surface area (Å²) in [4.78, 5) is 15.8. The van der Waals surface area contributed by atoms with E-state index < -0.39 is 0 Å². The molecule has 1 aromatic carbocycles. The molecule has 1 aromatic rings. The minimum Gasteiger partial charge on any atom is -0.379 e. The summed E-state index contributed by atoms with van der Waals surface area (Å²) < 4.78 is 19.2. The van der Waals surface area contributed by atoms with Crippen LogP contribution in [-0.2, 0) is 11.3 Å². The molecule has 0 atom stereocenters. The third-order valence-electron chi connectivity index (χ3n) is 3.99. The zero-order chi connectivity index (χ0) is 17.4. The Morgan fingerprint density at radius 1 is 1.29 bits per heavy atom. The van der Waals surface area contributed by atoms with E-state index in [1.54, 1.807) is 25.1 Å². The fourth-order valence-corrected chi connectivity index (χ4v) is 2.60. The number of amides is 2. The molecule has 2 rings (SSSR count). The predicted molar refractivity (Wildman–Crippen MR) is 92.8 cm³/mol. The maximum absolute atomic E-state index is 13.9. The number of morpholine rings is 1. The fraction of sp³-hybridized carbons (Fsp3) is 0.588. The Hall–Kier alpha value is -1.86. The van der Waals surface area contributed by atoms with Crippen molar-refractivity contribution in [2.24, 2.45) is 0 Å². The number of rotatable bonds is 7. The molecule has 0 radical (unpaired) electrons. The van der Waals surface area contributed by atoms with Crippen molar-refractivity contribution in [3.05, 3.63) is 29.6 Å². The van der Waals surface area contributed by atoms with Gasteiger partial charge in [-0.05, 0) is 30.7 Å². The van der Waals surface area contributed by atoms with E-state index in [0.29, 0.717) is 18.8 Å². The van der Waals surface area contributed by atoms with Gasteiger partial charge in [0.1, 0.15) is 5.82 Å². The molecule has 0 aromatic heterocycles. The molecule has 1 heterocycles. The number of ether oxygens (including phenoxy) is 1. The number of urea groups is 1. The SMILES string of the molecule is CN(C)c1ccc(CNC(=O)NCCCN2CCOCC2)cc1F. The second kappa shape index (κ2) is 9.44. The summed E-state index contributed by atoms with van der Waals surface area (Å²) in [5.41, 5.74) is 1.27. The van der Waals surface area contributed by atoms with E-state index in [4.69, 9.17) is 4.74 Å². The van der Waals surface area contributed by atoms with Crippen LogP contribution in [-0.4, -0.2) is 64.4 Å². The van der Waals surface area contributed by atoms with Crippen LogP contribution in [0.15, 0.2) is 18.2 Å². The third-order valence-corrected chi connectivity index (χ3v) is 3.99. The number of benzene rings is 1. The van der Waals surface area contributed by atoms with E-state index in [-0.39, 0.29) is 11.8 Å². The molecule has 0 saturated carbocycles. The zero-order valence-corrected chi connectivity index (χ0v) is 14.5. The lowest BCUT2D eigenvalue weighted by Gasteiger charge is -2.26. The van der Waals surface area contributed by atoms with E-state index in [0.717, 1.165) is 44.8 Å². The second-order valence-electron chi connectivity index (χ2n) is 6.10. The lowest BCUT2D eigenvalue weighted by Crippen LogP contribution is -2.39. The Morgan fingerprint density at radius 2 is 2.04 bits per heavy atom. The van der Waals surface area contributed by atoms with Crippen LogP contribution in [0, 0.1) is 5.82 Å². The lowest BCUT2D eigenvalue weighted by molar-refractivity contribution is 0.0375. The minimum absolute atomic E-state index is 0.228. The summed E-state index contributed by atoms with van der Waals surface area (Å²) in [5, 5.41) is 5.58. The molecule has 1 saturated heterocycles. The van der Waals surface area contributed by atoms with E-state index in [2.05, 4.69) is 15.5 Å². The maximum atomic E-state index is 13.9. The van der Waals surface area contributed by atoms with Gasteiger partial charge in [-0.1, -0.05) is 6.07 Å².